The van der Waals surface area contributed by atoms with E-state index in [1.54, 1.807) is 13.8 Å². The first-order valence-electron chi connectivity index (χ1n) is 7.44. The highest BCUT2D eigenvalue weighted by Crippen LogP contribution is 2.62. The van der Waals surface area contributed by atoms with Crippen LogP contribution < -0.4 is 0 Å². The van der Waals surface area contributed by atoms with E-state index in [-0.39, 0.29) is 18.9 Å². The Balaban J connectivity index is 3.28. The van der Waals surface area contributed by atoms with Gasteiger partial charge in [0.1, 0.15) is 0 Å². The average Bonchev–Trinajstić information content (AvgIpc) is 2.44. The topological polar surface area (TPSA) is 87.9 Å². The summed E-state index contributed by atoms with van der Waals surface area (Å²) in [6.45, 7) is 9.79. The van der Waals surface area contributed by atoms with Crippen molar-refractivity contribution in [2.45, 2.75) is 39.3 Å². The molecule has 130 valence electrons. The predicted octanol–water partition coefficient (Wildman–Crippen LogP) is 4.71. The maximum atomic E-state index is 13.1. The minimum atomic E-state index is -3.54. The van der Waals surface area contributed by atoms with E-state index in [1.165, 1.54) is 24.3 Å². The Hall–Kier alpha value is -1.05. The second-order valence-electron chi connectivity index (χ2n) is 5.81. The summed E-state index contributed by atoms with van der Waals surface area (Å²) >= 11 is 0. The number of benzene rings is 1. The number of rotatable bonds is 9. The fraction of sp³-hybridized carbons (Fsp3) is 0.571. The van der Waals surface area contributed by atoms with Gasteiger partial charge in [0.25, 0.3) is 5.69 Å². The van der Waals surface area contributed by atoms with E-state index < -0.39 is 26.7 Å². The fourth-order valence-corrected chi connectivity index (χ4v) is 5.82. The third-order valence-corrected chi connectivity index (χ3v) is 6.11. The van der Waals surface area contributed by atoms with Gasteiger partial charge in [0.15, 0.2) is 14.2 Å². The van der Waals surface area contributed by atoms with Gasteiger partial charge in [-0.1, -0.05) is 0 Å². The molecule has 23 heavy (non-hydrogen) atoms. The van der Waals surface area contributed by atoms with Gasteiger partial charge in [-0.2, -0.15) is 0 Å². The van der Waals surface area contributed by atoms with Crippen LogP contribution in [0.4, 0.5) is 5.69 Å². The molecule has 0 aliphatic rings. The zero-order valence-electron chi connectivity index (χ0n) is 14.1. The van der Waals surface area contributed by atoms with Gasteiger partial charge < -0.3 is 13.5 Å². The van der Waals surface area contributed by atoms with Crippen molar-refractivity contribution in [1.29, 1.82) is 0 Å². The molecule has 0 amide bonds. The Kier molecular flexibility index (Phi) is 7.10. The van der Waals surface area contributed by atoms with Crippen molar-refractivity contribution in [3.05, 3.63) is 39.9 Å². The number of nitrogens with zero attached hydrogens (tertiary/aromatic N) is 1. The second kappa shape index (κ2) is 8.17. The highest BCUT2D eigenvalue weighted by atomic mass is 31.2. The second-order valence-corrected chi connectivity index (χ2v) is 12.3. The maximum Gasteiger partial charge on any atom is 0.362 e. The Morgan fingerprint density at radius 3 is 1.96 bits per heavy atom. The largest absolute Gasteiger partial charge is 0.400 e. The molecule has 0 radical (unpaired) electrons. The van der Waals surface area contributed by atoms with Crippen molar-refractivity contribution >= 4 is 21.6 Å². The van der Waals surface area contributed by atoms with Crippen LogP contribution >= 0.6 is 7.60 Å². The summed E-state index contributed by atoms with van der Waals surface area (Å²) in [5, 5.41) is 10.8. The monoisotopic (exact) mass is 361 g/mol. The van der Waals surface area contributed by atoms with Gasteiger partial charge in [0, 0.05) is 12.1 Å². The lowest BCUT2D eigenvalue weighted by atomic mass is 10.2. The quantitative estimate of drug-likeness (QED) is 0.274. The van der Waals surface area contributed by atoms with Gasteiger partial charge >= 0.3 is 7.60 Å². The molecular weight excluding hydrogens is 337 g/mol. The van der Waals surface area contributed by atoms with Gasteiger partial charge in [0.2, 0.25) is 0 Å². The molecule has 0 spiro atoms. The summed E-state index contributed by atoms with van der Waals surface area (Å²) in [4.78, 5) is 10.3. The van der Waals surface area contributed by atoms with E-state index in [0.717, 1.165) is 0 Å². The van der Waals surface area contributed by atoms with E-state index >= 15 is 0 Å². The van der Waals surface area contributed by atoms with Crippen LogP contribution in [0, 0.1) is 10.1 Å². The van der Waals surface area contributed by atoms with Gasteiger partial charge in [-0.3, -0.25) is 14.7 Å². The van der Waals surface area contributed by atoms with Crippen LogP contribution in [-0.2, 0) is 18.0 Å². The Morgan fingerprint density at radius 1 is 1.13 bits per heavy atom. The molecule has 9 heteroatoms. The Morgan fingerprint density at radius 2 is 1.61 bits per heavy atom. The molecule has 1 rings (SSSR count). The third-order valence-electron chi connectivity index (χ3n) is 2.76. The molecule has 1 aromatic carbocycles. The third kappa shape index (κ3) is 5.82. The van der Waals surface area contributed by atoms with Crippen LogP contribution in [0.2, 0.25) is 19.6 Å². The van der Waals surface area contributed by atoms with Crippen LogP contribution in [0.3, 0.4) is 0 Å². The van der Waals surface area contributed by atoms with Crippen molar-refractivity contribution in [2.24, 2.45) is 0 Å². The molecule has 0 aromatic heterocycles. The predicted molar refractivity (Wildman–Crippen MR) is 91.1 cm³/mol. The molecule has 0 saturated heterocycles. The standard InChI is InChI=1S/C14H24NO6PSi/c1-6-19-22(18,20-7-2)14(21-23(3,4)5)12-8-10-13(11-9-12)15(16)17/h8-11,14H,6-7H2,1-5H3. The van der Waals surface area contributed by atoms with Crippen molar-refractivity contribution in [3.63, 3.8) is 0 Å². The van der Waals surface area contributed by atoms with E-state index in [9.17, 15) is 14.7 Å². The van der Waals surface area contributed by atoms with E-state index in [1.807, 2.05) is 19.6 Å². The number of non-ortho nitro benzene ring substituents is 1. The average molecular weight is 361 g/mol. The van der Waals surface area contributed by atoms with E-state index in [2.05, 4.69) is 0 Å². The van der Waals surface area contributed by atoms with E-state index in [0.29, 0.717) is 5.56 Å². The molecule has 1 unspecified atom stereocenters. The normalized spacial score (nSPS) is 13.8. The Labute approximate surface area is 137 Å². The number of nitro benzene ring substituents is 1. The first-order chi connectivity index (χ1) is 10.6. The van der Waals surface area contributed by atoms with Gasteiger partial charge in [-0.25, -0.2) is 0 Å². The Bertz CT molecular complexity index is 562. The van der Waals surface area contributed by atoms with Crippen LogP contribution in [0.15, 0.2) is 24.3 Å². The molecule has 0 N–H and O–H groups in total. The molecule has 0 saturated carbocycles. The summed E-state index contributed by atoms with van der Waals surface area (Å²) < 4.78 is 30.0. The van der Waals surface area contributed by atoms with Crippen LogP contribution in [0.25, 0.3) is 0 Å². The van der Waals surface area contributed by atoms with Crippen LogP contribution in [0.1, 0.15) is 25.3 Å². The van der Waals surface area contributed by atoms with Crippen molar-refractivity contribution < 1.29 is 23.0 Å². The van der Waals surface area contributed by atoms with Crippen molar-refractivity contribution in [3.8, 4) is 0 Å². The first kappa shape index (κ1) is 20.0. The van der Waals surface area contributed by atoms with Gasteiger partial charge in [-0.05, 0) is 51.2 Å². The van der Waals surface area contributed by atoms with E-state index in [4.69, 9.17) is 13.5 Å². The fourth-order valence-electron chi connectivity index (χ4n) is 1.94. The zero-order chi connectivity index (χ0) is 17.7. The smallest absolute Gasteiger partial charge is 0.362 e. The highest BCUT2D eigenvalue weighted by molar-refractivity contribution is 7.54. The number of nitro groups is 1. The summed E-state index contributed by atoms with van der Waals surface area (Å²) in [5.74, 6) is -0.894. The summed E-state index contributed by atoms with van der Waals surface area (Å²) in [6, 6.07) is 5.79. The molecule has 0 aliphatic heterocycles. The van der Waals surface area contributed by atoms with Crippen molar-refractivity contribution in [1.82, 2.24) is 0 Å². The SMILES string of the molecule is CCOP(=O)(OCC)C(O[Si](C)(C)C)c1ccc([N+](=O)[O-])cc1. The summed E-state index contributed by atoms with van der Waals surface area (Å²) in [6.07, 6.45) is 0. The molecule has 7 nitrogen and oxygen atoms in total. The minimum absolute atomic E-state index is 0.0387. The zero-order valence-corrected chi connectivity index (χ0v) is 16.0. The van der Waals surface area contributed by atoms with Crippen LogP contribution in [-0.4, -0.2) is 26.5 Å². The van der Waals surface area contributed by atoms with Gasteiger partial charge in [0.05, 0.1) is 18.1 Å². The lowest BCUT2D eigenvalue weighted by Crippen LogP contribution is -2.28. The number of hydrogen-bond donors (Lipinski definition) is 0. The maximum absolute atomic E-state index is 13.1. The molecule has 0 aliphatic carbocycles. The number of hydrogen-bond acceptors (Lipinski definition) is 6. The summed E-state index contributed by atoms with van der Waals surface area (Å²) in [5.41, 5.74) is 0.506. The summed E-state index contributed by atoms with van der Waals surface area (Å²) in [7, 11) is -5.62. The lowest BCUT2D eigenvalue weighted by molar-refractivity contribution is -0.384. The molecule has 0 heterocycles. The molecule has 0 fully saturated rings. The van der Waals surface area contributed by atoms with Gasteiger partial charge in [-0.15, -0.1) is 0 Å². The molecule has 1 aromatic rings. The minimum Gasteiger partial charge on any atom is -0.400 e. The van der Waals surface area contributed by atoms with Crippen LogP contribution in [0.5, 0.6) is 0 Å². The lowest BCUT2D eigenvalue weighted by Gasteiger charge is -2.31. The highest BCUT2D eigenvalue weighted by Gasteiger charge is 2.40. The molecule has 0 bridgehead atoms. The molecule has 1 atom stereocenters. The molecular formula is C14H24NO6PSi. The first-order valence-corrected chi connectivity index (χ1v) is 12.5. The van der Waals surface area contributed by atoms with Crippen molar-refractivity contribution in [2.75, 3.05) is 13.2 Å².